The molecule has 0 aromatic heterocycles. The highest BCUT2D eigenvalue weighted by molar-refractivity contribution is 9.09. The Bertz CT molecular complexity index is 516. The van der Waals surface area contributed by atoms with E-state index in [-0.39, 0.29) is 31.1 Å². The predicted molar refractivity (Wildman–Crippen MR) is 156 cm³/mol. The fourth-order valence-electron chi connectivity index (χ4n) is 3.56. The molecule has 0 fully saturated rings. The molecular weight excluding hydrogens is 660 g/mol. The van der Waals surface area contributed by atoms with Gasteiger partial charge in [-0.2, -0.15) is 0 Å². The third-order valence-corrected chi connectivity index (χ3v) is 7.38. The average molecular weight is 707 g/mol. The van der Waals surface area contributed by atoms with Gasteiger partial charge in [-0.15, -0.1) is 0 Å². The average Bonchev–Trinajstić information content (AvgIpc) is 2.87. The SMILES string of the molecule is O=C(CCCCCCCBr)OCC(COC(=O)CCCCCCCBr)OC(=O)CCCCCCCBr. The summed E-state index contributed by atoms with van der Waals surface area (Å²) in [7, 11) is 0. The largest absolute Gasteiger partial charge is 0.462 e. The van der Waals surface area contributed by atoms with Crippen LogP contribution in [0.4, 0.5) is 0 Å². The maximum atomic E-state index is 12.3. The van der Waals surface area contributed by atoms with Crippen molar-refractivity contribution in [2.75, 3.05) is 29.2 Å². The molecule has 0 bridgehead atoms. The minimum absolute atomic E-state index is 0.0841. The first-order valence-electron chi connectivity index (χ1n) is 13.7. The summed E-state index contributed by atoms with van der Waals surface area (Å²) in [6.07, 6.45) is 15.7. The topological polar surface area (TPSA) is 78.9 Å². The number of carbonyl (C=O) groups excluding carboxylic acids is 3. The van der Waals surface area contributed by atoms with Gasteiger partial charge in [0.1, 0.15) is 13.2 Å². The number of hydrogen-bond donors (Lipinski definition) is 0. The maximum absolute atomic E-state index is 12.3. The highest BCUT2D eigenvalue weighted by atomic mass is 79.9. The van der Waals surface area contributed by atoms with E-state index in [1.54, 1.807) is 0 Å². The summed E-state index contributed by atoms with van der Waals surface area (Å²) < 4.78 is 16.2. The smallest absolute Gasteiger partial charge is 0.306 e. The van der Waals surface area contributed by atoms with Gasteiger partial charge in [-0.3, -0.25) is 14.4 Å². The van der Waals surface area contributed by atoms with Crippen molar-refractivity contribution < 1.29 is 28.6 Å². The van der Waals surface area contributed by atoms with Crippen molar-refractivity contribution in [3.05, 3.63) is 0 Å². The fraction of sp³-hybridized carbons (Fsp3) is 0.889. The molecule has 0 saturated carbocycles. The van der Waals surface area contributed by atoms with Gasteiger partial charge in [-0.25, -0.2) is 0 Å². The molecule has 0 unspecified atom stereocenters. The molecule has 9 heteroatoms. The molecular formula is C27H47Br3O6. The van der Waals surface area contributed by atoms with E-state index in [1.165, 1.54) is 0 Å². The van der Waals surface area contributed by atoms with Crippen molar-refractivity contribution in [2.45, 2.75) is 122 Å². The molecule has 0 aliphatic heterocycles. The molecule has 6 nitrogen and oxygen atoms in total. The minimum atomic E-state index is -0.767. The van der Waals surface area contributed by atoms with Gasteiger partial charge in [0.2, 0.25) is 0 Å². The Balaban J connectivity index is 4.36. The van der Waals surface area contributed by atoms with Crippen molar-refractivity contribution in [1.82, 2.24) is 0 Å². The molecule has 0 heterocycles. The lowest BCUT2D eigenvalue weighted by atomic mass is 10.1. The Morgan fingerprint density at radius 2 is 0.750 bits per heavy atom. The van der Waals surface area contributed by atoms with Crippen LogP contribution in [0.5, 0.6) is 0 Å². The van der Waals surface area contributed by atoms with Gasteiger partial charge in [-0.1, -0.05) is 106 Å². The molecule has 0 aliphatic carbocycles. The van der Waals surface area contributed by atoms with Crippen LogP contribution >= 0.6 is 47.8 Å². The Labute approximate surface area is 244 Å². The van der Waals surface area contributed by atoms with Crippen LogP contribution in [-0.4, -0.2) is 53.2 Å². The van der Waals surface area contributed by atoms with E-state index in [9.17, 15) is 14.4 Å². The van der Waals surface area contributed by atoms with Crippen LogP contribution in [0.1, 0.15) is 116 Å². The number of rotatable bonds is 26. The zero-order valence-electron chi connectivity index (χ0n) is 21.9. The predicted octanol–water partition coefficient (Wildman–Crippen LogP) is 8.19. The fourth-order valence-corrected chi connectivity index (χ4v) is 4.75. The van der Waals surface area contributed by atoms with Crippen LogP contribution in [0.25, 0.3) is 0 Å². The van der Waals surface area contributed by atoms with Crippen LogP contribution < -0.4 is 0 Å². The summed E-state index contributed by atoms with van der Waals surface area (Å²) in [5.41, 5.74) is 0. The number of carbonyl (C=O) groups is 3. The van der Waals surface area contributed by atoms with E-state index in [4.69, 9.17) is 14.2 Å². The number of halogens is 3. The van der Waals surface area contributed by atoms with E-state index in [0.29, 0.717) is 19.3 Å². The molecule has 0 radical (unpaired) electrons. The second-order valence-corrected chi connectivity index (χ2v) is 11.5. The monoisotopic (exact) mass is 704 g/mol. The zero-order chi connectivity index (χ0) is 26.7. The molecule has 212 valence electrons. The van der Waals surface area contributed by atoms with Gasteiger partial charge in [0.05, 0.1) is 0 Å². The van der Waals surface area contributed by atoms with Crippen molar-refractivity contribution in [1.29, 1.82) is 0 Å². The van der Waals surface area contributed by atoms with E-state index < -0.39 is 6.10 Å². The molecule has 0 amide bonds. The third kappa shape index (κ3) is 25.5. The number of unbranched alkanes of at least 4 members (excludes halogenated alkanes) is 12. The Kier molecular flexibility index (Phi) is 27.8. The summed E-state index contributed by atoms with van der Waals surface area (Å²) in [4.78, 5) is 36.6. The van der Waals surface area contributed by atoms with E-state index in [0.717, 1.165) is 112 Å². The first kappa shape index (κ1) is 35.9. The van der Waals surface area contributed by atoms with Crippen molar-refractivity contribution in [3.8, 4) is 0 Å². The minimum Gasteiger partial charge on any atom is -0.462 e. The van der Waals surface area contributed by atoms with Gasteiger partial charge in [0, 0.05) is 35.3 Å². The second kappa shape index (κ2) is 27.9. The number of alkyl halides is 3. The normalized spacial score (nSPS) is 11.0. The van der Waals surface area contributed by atoms with Crippen LogP contribution in [0.2, 0.25) is 0 Å². The van der Waals surface area contributed by atoms with Gasteiger partial charge < -0.3 is 14.2 Å². The number of hydrogen-bond acceptors (Lipinski definition) is 6. The summed E-state index contributed by atoms with van der Waals surface area (Å²) in [5, 5.41) is 3.02. The van der Waals surface area contributed by atoms with Crippen molar-refractivity contribution >= 4 is 65.7 Å². The first-order valence-corrected chi connectivity index (χ1v) is 17.1. The summed E-state index contributed by atoms with van der Waals surface area (Å²) in [6, 6.07) is 0. The zero-order valence-corrected chi connectivity index (χ0v) is 26.7. The van der Waals surface area contributed by atoms with Crippen molar-refractivity contribution in [3.63, 3.8) is 0 Å². The van der Waals surface area contributed by atoms with Crippen LogP contribution in [0.15, 0.2) is 0 Å². The van der Waals surface area contributed by atoms with E-state index in [1.807, 2.05) is 0 Å². The molecule has 0 N–H and O–H groups in total. The quantitative estimate of drug-likeness (QED) is 0.0391. The highest BCUT2D eigenvalue weighted by Gasteiger charge is 2.19. The summed E-state index contributed by atoms with van der Waals surface area (Å²) in [5.74, 6) is -0.956. The third-order valence-electron chi connectivity index (χ3n) is 5.70. The van der Waals surface area contributed by atoms with Gasteiger partial charge >= 0.3 is 17.9 Å². The Hall–Kier alpha value is -0.150. The molecule has 0 aromatic rings. The van der Waals surface area contributed by atoms with Crippen molar-refractivity contribution in [2.24, 2.45) is 0 Å². The summed E-state index contributed by atoms with van der Waals surface area (Å²) in [6.45, 7) is -0.168. The van der Waals surface area contributed by atoms with Crippen LogP contribution in [-0.2, 0) is 28.6 Å². The molecule has 0 saturated heterocycles. The highest BCUT2D eigenvalue weighted by Crippen LogP contribution is 2.11. The Morgan fingerprint density at radius 1 is 0.444 bits per heavy atom. The molecule has 0 aliphatic rings. The lowest BCUT2D eigenvalue weighted by Gasteiger charge is -2.18. The number of ether oxygens (including phenoxy) is 3. The lowest BCUT2D eigenvalue weighted by molar-refractivity contribution is -0.167. The van der Waals surface area contributed by atoms with E-state index >= 15 is 0 Å². The van der Waals surface area contributed by atoms with Crippen LogP contribution in [0, 0.1) is 0 Å². The second-order valence-electron chi connectivity index (χ2n) is 9.10. The molecule has 36 heavy (non-hydrogen) atoms. The Morgan fingerprint density at radius 3 is 1.11 bits per heavy atom. The lowest BCUT2D eigenvalue weighted by Crippen LogP contribution is -2.30. The van der Waals surface area contributed by atoms with Gasteiger partial charge in [-0.05, 0) is 38.5 Å². The molecule has 0 aromatic carbocycles. The molecule has 0 rings (SSSR count). The maximum Gasteiger partial charge on any atom is 0.306 e. The molecule has 0 spiro atoms. The number of esters is 3. The van der Waals surface area contributed by atoms with Gasteiger partial charge in [0.25, 0.3) is 0 Å². The van der Waals surface area contributed by atoms with E-state index in [2.05, 4.69) is 47.8 Å². The molecule has 0 atom stereocenters. The van der Waals surface area contributed by atoms with Gasteiger partial charge in [0.15, 0.2) is 6.10 Å². The standard InChI is InChI=1S/C27H47Br3O6/c28-19-13-7-1-4-10-16-25(31)34-22-24(36-27(33)18-12-6-3-9-15-21-30)23-35-26(32)17-11-5-2-8-14-20-29/h24H,1-23H2. The first-order chi connectivity index (χ1) is 17.5. The summed E-state index contributed by atoms with van der Waals surface area (Å²) >= 11 is 10.3. The van der Waals surface area contributed by atoms with Crippen LogP contribution in [0.3, 0.4) is 0 Å².